The van der Waals surface area contributed by atoms with Gasteiger partial charge in [0.15, 0.2) is 0 Å². The zero-order valence-corrected chi connectivity index (χ0v) is 14.4. The van der Waals surface area contributed by atoms with Crippen LogP contribution in [0.3, 0.4) is 0 Å². The largest absolute Gasteiger partial charge is 0.353 e. The quantitative estimate of drug-likeness (QED) is 0.736. The van der Waals surface area contributed by atoms with Crippen LogP contribution in [-0.4, -0.2) is 10.9 Å². The minimum Gasteiger partial charge on any atom is -0.353 e. The monoisotopic (exact) mass is 342 g/mol. The third kappa shape index (κ3) is 4.05. The van der Waals surface area contributed by atoms with Gasteiger partial charge in [-0.15, -0.1) is 0 Å². The van der Waals surface area contributed by atoms with E-state index in [9.17, 15) is 10.1 Å². The molecule has 0 aliphatic carbocycles. The molecule has 5 nitrogen and oxygen atoms in total. The van der Waals surface area contributed by atoms with Crippen molar-refractivity contribution in [2.24, 2.45) is 0 Å². The van der Waals surface area contributed by atoms with Gasteiger partial charge < -0.3 is 10.6 Å². The number of aryl methyl sites for hydroxylation is 1. The van der Waals surface area contributed by atoms with Crippen molar-refractivity contribution in [1.82, 2.24) is 10.3 Å². The highest BCUT2D eigenvalue weighted by Gasteiger charge is 2.09. The minimum atomic E-state index is -0.196. The van der Waals surface area contributed by atoms with Gasteiger partial charge in [0, 0.05) is 12.7 Å². The van der Waals surface area contributed by atoms with Gasteiger partial charge in [0.25, 0.3) is 5.91 Å². The number of carbonyl (C=O) groups excluding carboxylic acids is 1. The first-order valence-corrected chi connectivity index (χ1v) is 8.21. The molecule has 3 rings (SSSR count). The number of aromatic nitrogens is 1. The summed E-state index contributed by atoms with van der Waals surface area (Å²) in [4.78, 5) is 16.5. The van der Waals surface area contributed by atoms with E-state index in [1.807, 2.05) is 43.3 Å². The molecule has 1 aromatic heterocycles. The standard InChI is InChI=1S/C21H18N4O/c1-15-6-2-3-8-17(15)13-24-21(26)18-10-19(14-23-12-18)25-20-9-5-4-7-16(20)11-22/h2-10,12,14,25H,13H2,1H3,(H,24,26). The van der Waals surface area contributed by atoms with E-state index in [1.54, 1.807) is 24.4 Å². The van der Waals surface area contributed by atoms with Gasteiger partial charge in [0.1, 0.15) is 6.07 Å². The fraction of sp³-hybridized carbons (Fsp3) is 0.0952. The Balaban J connectivity index is 1.71. The Bertz CT molecular complexity index is 975. The molecule has 128 valence electrons. The maximum absolute atomic E-state index is 12.4. The van der Waals surface area contributed by atoms with E-state index < -0.39 is 0 Å². The predicted octanol–water partition coefficient (Wildman–Crippen LogP) is 3.94. The summed E-state index contributed by atoms with van der Waals surface area (Å²) in [5, 5.41) is 15.2. The lowest BCUT2D eigenvalue weighted by Gasteiger charge is -2.10. The SMILES string of the molecule is Cc1ccccc1CNC(=O)c1cncc(Nc2ccccc2C#N)c1. The molecule has 2 N–H and O–H groups in total. The molecule has 1 amide bonds. The zero-order valence-electron chi connectivity index (χ0n) is 14.4. The number of carbonyl (C=O) groups is 1. The van der Waals surface area contributed by atoms with Crippen molar-refractivity contribution >= 4 is 17.3 Å². The second-order valence-electron chi connectivity index (χ2n) is 5.85. The molecule has 0 saturated heterocycles. The Morgan fingerprint density at radius 1 is 1.12 bits per heavy atom. The zero-order chi connectivity index (χ0) is 18.4. The van der Waals surface area contributed by atoms with Gasteiger partial charge in [-0.05, 0) is 36.2 Å². The number of anilines is 2. The van der Waals surface area contributed by atoms with Crippen LogP contribution in [0, 0.1) is 18.3 Å². The van der Waals surface area contributed by atoms with Gasteiger partial charge in [-0.3, -0.25) is 9.78 Å². The van der Waals surface area contributed by atoms with E-state index in [4.69, 9.17) is 0 Å². The number of nitriles is 1. The summed E-state index contributed by atoms with van der Waals surface area (Å²) in [6.07, 6.45) is 3.14. The summed E-state index contributed by atoms with van der Waals surface area (Å²) in [5.41, 5.74) is 4.52. The van der Waals surface area contributed by atoms with E-state index in [-0.39, 0.29) is 5.91 Å². The van der Waals surface area contributed by atoms with E-state index in [0.717, 1.165) is 11.1 Å². The van der Waals surface area contributed by atoms with Gasteiger partial charge in [-0.25, -0.2) is 0 Å². The van der Waals surface area contributed by atoms with Crippen LogP contribution in [0.15, 0.2) is 67.0 Å². The average molecular weight is 342 g/mol. The average Bonchev–Trinajstić information content (AvgIpc) is 2.68. The highest BCUT2D eigenvalue weighted by Crippen LogP contribution is 2.20. The smallest absolute Gasteiger partial charge is 0.253 e. The van der Waals surface area contributed by atoms with E-state index in [0.29, 0.717) is 29.0 Å². The molecule has 0 radical (unpaired) electrons. The van der Waals surface area contributed by atoms with Crippen LogP contribution < -0.4 is 10.6 Å². The van der Waals surface area contributed by atoms with Crippen LogP contribution in [0.2, 0.25) is 0 Å². The third-order valence-electron chi connectivity index (χ3n) is 4.03. The summed E-state index contributed by atoms with van der Waals surface area (Å²) in [5.74, 6) is -0.196. The van der Waals surface area contributed by atoms with Crippen LogP contribution in [0.1, 0.15) is 27.0 Å². The number of hydrogen-bond acceptors (Lipinski definition) is 4. The highest BCUT2D eigenvalue weighted by atomic mass is 16.1. The number of hydrogen-bond donors (Lipinski definition) is 2. The number of amides is 1. The van der Waals surface area contributed by atoms with Crippen molar-refractivity contribution in [3.8, 4) is 6.07 Å². The molecule has 0 spiro atoms. The third-order valence-corrected chi connectivity index (χ3v) is 4.03. The Morgan fingerprint density at radius 3 is 2.69 bits per heavy atom. The van der Waals surface area contributed by atoms with Crippen LogP contribution in [0.5, 0.6) is 0 Å². The molecule has 0 atom stereocenters. The lowest BCUT2D eigenvalue weighted by molar-refractivity contribution is 0.0950. The summed E-state index contributed by atoms with van der Waals surface area (Å²) >= 11 is 0. The normalized spacial score (nSPS) is 10.0. The molecule has 0 fully saturated rings. The summed E-state index contributed by atoms with van der Waals surface area (Å²) < 4.78 is 0. The molecule has 0 aliphatic heterocycles. The van der Waals surface area contributed by atoms with Crippen molar-refractivity contribution in [3.05, 3.63) is 89.2 Å². The predicted molar refractivity (Wildman–Crippen MR) is 101 cm³/mol. The summed E-state index contributed by atoms with van der Waals surface area (Å²) in [6, 6.07) is 19.0. The van der Waals surface area contributed by atoms with Crippen LogP contribution >= 0.6 is 0 Å². The second kappa shape index (κ2) is 7.95. The number of benzene rings is 2. The van der Waals surface area contributed by atoms with E-state index >= 15 is 0 Å². The first-order valence-electron chi connectivity index (χ1n) is 8.21. The maximum Gasteiger partial charge on any atom is 0.253 e. The minimum absolute atomic E-state index is 0.196. The van der Waals surface area contributed by atoms with Gasteiger partial charge in [-0.2, -0.15) is 5.26 Å². The molecule has 2 aromatic carbocycles. The molecule has 0 bridgehead atoms. The van der Waals surface area contributed by atoms with Crippen LogP contribution in [-0.2, 0) is 6.54 Å². The topological polar surface area (TPSA) is 77.8 Å². The van der Waals surface area contributed by atoms with Crippen LogP contribution in [0.25, 0.3) is 0 Å². The number of rotatable bonds is 5. The van der Waals surface area contributed by atoms with Gasteiger partial charge >= 0.3 is 0 Å². The first kappa shape index (κ1) is 17.2. The maximum atomic E-state index is 12.4. The Morgan fingerprint density at radius 2 is 1.88 bits per heavy atom. The lowest BCUT2D eigenvalue weighted by atomic mass is 10.1. The van der Waals surface area contributed by atoms with Crippen molar-refractivity contribution < 1.29 is 4.79 Å². The molecule has 3 aromatic rings. The fourth-order valence-electron chi connectivity index (χ4n) is 2.56. The molecule has 1 heterocycles. The molecule has 0 saturated carbocycles. The number of nitrogens with one attached hydrogen (secondary N) is 2. The van der Waals surface area contributed by atoms with Crippen molar-refractivity contribution in [3.63, 3.8) is 0 Å². The Kier molecular flexibility index (Phi) is 5.25. The van der Waals surface area contributed by atoms with Crippen molar-refractivity contribution in [1.29, 1.82) is 5.26 Å². The first-order chi connectivity index (χ1) is 12.7. The number of nitrogens with zero attached hydrogens (tertiary/aromatic N) is 2. The van der Waals surface area contributed by atoms with Gasteiger partial charge in [-0.1, -0.05) is 36.4 Å². The number of para-hydroxylation sites is 1. The van der Waals surface area contributed by atoms with Crippen LogP contribution in [0.4, 0.5) is 11.4 Å². The number of pyridine rings is 1. The molecule has 26 heavy (non-hydrogen) atoms. The molecule has 0 unspecified atom stereocenters. The second-order valence-corrected chi connectivity index (χ2v) is 5.85. The summed E-state index contributed by atoms with van der Waals surface area (Å²) in [7, 11) is 0. The molecule has 0 aliphatic rings. The molecular weight excluding hydrogens is 324 g/mol. The van der Waals surface area contributed by atoms with Gasteiger partial charge in [0.2, 0.25) is 0 Å². The van der Waals surface area contributed by atoms with Crippen molar-refractivity contribution in [2.45, 2.75) is 13.5 Å². The fourth-order valence-corrected chi connectivity index (χ4v) is 2.56. The summed E-state index contributed by atoms with van der Waals surface area (Å²) in [6.45, 7) is 2.47. The Hall–Kier alpha value is -3.65. The molecule has 5 heteroatoms. The van der Waals surface area contributed by atoms with E-state index in [2.05, 4.69) is 21.7 Å². The van der Waals surface area contributed by atoms with Crippen molar-refractivity contribution in [2.75, 3.05) is 5.32 Å². The van der Waals surface area contributed by atoms with E-state index in [1.165, 1.54) is 6.20 Å². The molecular formula is C21H18N4O. The Labute approximate surface area is 152 Å². The lowest BCUT2D eigenvalue weighted by Crippen LogP contribution is -2.23. The van der Waals surface area contributed by atoms with Gasteiger partial charge in [0.05, 0.1) is 28.7 Å². The highest BCUT2D eigenvalue weighted by molar-refractivity contribution is 5.94.